The van der Waals surface area contributed by atoms with Crippen LogP contribution in [-0.2, 0) is 17.6 Å². The molecule has 4 nitrogen and oxygen atoms in total. The van der Waals surface area contributed by atoms with E-state index in [1.807, 2.05) is 30.3 Å². The van der Waals surface area contributed by atoms with Crippen molar-refractivity contribution >= 4 is 28.8 Å². The van der Waals surface area contributed by atoms with Crippen molar-refractivity contribution in [3.8, 4) is 0 Å². The Balaban J connectivity index is 1.50. The van der Waals surface area contributed by atoms with Crippen molar-refractivity contribution in [3.05, 3.63) is 75.4 Å². The van der Waals surface area contributed by atoms with Gasteiger partial charge in [0.25, 0.3) is 0 Å². The zero-order chi connectivity index (χ0) is 20.2. The average Bonchev–Trinajstić information content (AvgIpc) is 3.19. The third-order valence-corrected chi connectivity index (χ3v) is 7.32. The Bertz CT molecular complexity index is 1080. The molecule has 0 amide bonds. The molecule has 3 saturated heterocycles. The van der Waals surface area contributed by atoms with E-state index in [2.05, 4.69) is 22.3 Å². The first-order valence-electron chi connectivity index (χ1n) is 10.9. The van der Waals surface area contributed by atoms with Crippen LogP contribution in [0.2, 0.25) is 5.02 Å². The van der Waals surface area contributed by atoms with Gasteiger partial charge in [0.2, 0.25) is 0 Å². The van der Waals surface area contributed by atoms with Crippen LogP contribution in [-0.4, -0.2) is 42.1 Å². The number of hydrogen-bond acceptors (Lipinski definition) is 4. The highest BCUT2D eigenvalue weighted by atomic mass is 35.5. The molecule has 1 unspecified atom stereocenters. The van der Waals surface area contributed by atoms with Gasteiger partial charge >= 0.3 is 0 Å². The van der Waals surface area contributed by atoms with Gasteiger partial charge in [-0.15, -0.1) is 0 Å². The summed E-state index contributed by atoms with van der Waals surface area (Å²) in [5.41, 5.74) is 6.96. The summed E-state index contributed by atoms with van der Waals surface area (Å²) in [7, 11) is 0. The first kappa shape index (κ1) is 18.3. The molecule has 152 valence electrons. The second-order valence-electron chi connectivity index (χ2n) is 8.90. The molecule has 0 saturated carbocycles. The number of piperidine rings is 3. The van der Waals surface area contributed by atoms with Crippen LogP contribution in [0.1, 0.15) is 29.5 Å². The van der Waals surface area contributed by atoms with Crippen LogP contribution in [0.4, 0.5) is 5.69 Å². The number of nitrogens with zero attached hydrogens (tertiary/aromatic N) is 2. The summed E-state index contributed by atoms with van der Waals surface area (Å²) in [5.74, 6) is 0.766. The molecule has 0 aromatic heterocycles. The van der Waals surface area contributed by atoms with E-state index in [4.69, 9.17) is 16.6 Å². The summed E-state index contributed by atoms with van der Waals surface area (Å²) in [5, 5.41) is 4.21. The van der Waals surface area contributed by atoms with Gasteiger partial charge in [-0.25, -0.2) is 0 Å². The number of Topliss-reactive ketones (excluding diaryl/α,β-unsaturated/α-hetero) is 1. The van der Waals surface area contributed by atoms with Crippen molar-refractivity contribution < 1.29 is 4.79 Å². The molecule has 7 rings (SSSR count). The second-order valence-corrected chi connectivity index (χ2v) is 9.33. The number of nitrogens with one attached hydrogen (secondary N) is 1. The Morgan fingerprint density at radius 1 is 1.03 bits per heavy atom. The quantitative estimate of drug-likeness (QED) is 0.705. The highest BCUT2D eigenvalue weighted by Crippen LogP contribution is 2.36. The summed E-state index contributed by atoms with van der Waals surface area (Å²) in [6.07, 6.45) is 3.55. The van der Waals surface area contributed by atoms with Crippen molar-refractivity contribution in [2.24, 2.45) is 10.9 Å². The number of aliphatic imine (C=N–C) groups is 1. The van der Waals surface area contributed by atoms with Gasteiger partial charge < -0.3 is 10.2 Å². The Kier molecular flexibility index (Phi) is 4.32. The van der Waals surface area contributed by atoms with Gasteiger partial charge in [0, 0.05) is 41.4 Å². The molecule has 1 atom stereocenters. The molecule has 2 aromatic rings. The van der Waals surface area contributed by atoms with Crippen LogP contribution in [0.25, 0.3) is 0 Å². The zero-order valence-electron chi connectivity index (χ0n) is 16.8. The van der Waals surface area contributed by atoms with Crippen molar-refractivity contribution in [2.45, 2.75) is 31.7 Å². The number of fused-ring (bicyclic) bond motifs is 5. The Morgan fingerprint density at radius 3 is 2.63 bits per heavy atom. The third kappa shape index (κ3) is 3.01. The average molecular weight is 418 g/mol. The van der Waals surface area contributed by atoms with Gasteiger partial charge in [-0.3, -0.25) is 9.79 Å². The van der Waals surface area contributed by atoms with Gasteiger partial charge in [0.1, 0.15) is 0 Å². The van der Waals surface area contributed by atoms with E-state index in [0.717, 1.165) is 46.8 Å². The maximum atomic E-state index is 13.4. The monoisotopic (exact) mass is 417 g/mol. The lowest BCUT2D eigenvalue weighted by Gasteiger charge is -2.43. The standard InChI is InChI=1S/C25H24ClN3O/c26-18-6-5-16-12-23(30)24(21-11-17-3-1-2-4-20(17)27-21)25(19(16)13-18)28-22-14-29-9-7-15(22)8-10-29/h1-6,13,15,22,27H,7-12,14H2. The molecule has 4 aliphatic heterocycles. The van der Waals surface area contributed by atoms with Gasteiger partial charge in [0.15, 0.2) is 5.78 Å². The Morgan fingerprint density at radius 2 is 1.87 bits per heavy atom. The zero-order valence-corrected chi connectivity index (χ0v) is 17.6. The largest absolute Gasteiger partial charge is 0.358 e. The molecule has 30 heavy (non-hydrogen) atoms. The maximum Gasteiger partial charge on any atom is 0.171 e. The number of rotatable bonds is 1. The minimum atomic E-state index is 0.153. The van der Waals surface area contributed by atoms with Crippen LogP contribution >= 0.6 is 11.6 Å². The SMILES string of the molecule is O=C1Cc2ccc(Cl)cc2C(=NC2CN3CCC2CC3)C1=C1Cc2ccccc2N1. The smallest absolute Gasteiger partial charge is 0.171 e. The van der Waals surface area contributed by atoms with E-state index in [-0.39, 0.29) is 11.8 Å². The van der Waals surface area contributed by atoms with Gasteiger partial charge in [-0.05, 0) is 61.2 Å². The molecule has 3 fully saturated rings. The molecule has 5 heteroatoms. The number of allylic oxidation sites excluding steroid dienone is 2. The molecule has 1 aliphatic carbocycles. The number of ketones is 1. The lowest BCUT2D eigenvalue weighted by molar-refractivity contribution is -0.114. The van der Waals surface area contributed by atoms with Crippen LogP contribution in [0.3, 0.4) is 0 Å². The first-order chi connectivity index (χ1) is 14.7. The molecule has 0 spiro atoms. The highest BCUT2D eigenvalue weighted by molar-refractivity contribution is 6.35. The number of carbonyl (C=O) groups excluding carboxylic acids is 1. The van der Waals surface area contributed by atoms with Crippen LogP contribution in [0.15, 0.2) is 58.7 Å². The van der Waals surface area contributed by atoms with Gasteiger partial charge in [-0.2, -0.15) is 0 Å². The van der Waals surface area contributed by atoms with E-state index < -0.39 is 0 Å². The summed E-state index contributed by atoms with van der Waals surface area (Å²) in [4.78, 5) is 21.2. The van der Waals surface area contributed by atoms with E-state index in [9.17, 15) is 4.79 Å². The second kappa shape index (κ2) is 7.07. The molecule has 0 radical (unpaired) electrons. The first-order valence-corrected chi connectivity index (χ1v) is 11.2. The molecule has 5 aliphatic rings. The number of para-hydroxylation sites is 1. The number of halogens is 1. The van der Waals surface area contributed by atoms with Gasteiger partial charge in [0.05, 0.1) is 17.3 Å². The van der Waals surface area contributed by atoms with E-state index >= 15 is 0 Å². The predicted octanol–water partition coefficient (Wildman–Crippen LogP) is 4.27. The van der Waals surface area contributed by atoms with Gasteiger partial charge in [-0.1, -0.05) is 35.9 Å². The minimum absolute atomic E-state index is 0.153. The Labute approximate surface area is 181 Å². The normalized spacial score (nSPS) is 30.9. The molecular weight excluding hydrogens is 394 g/mol. The summed E-state index contributed by atoms with van der Waals surface area (Å²) < 4.78 is 0. The van der Waals surface area contributed by atoms with E-state index in [1.54, 1.807) is 0 Å². The van der Waals surface area contributed by atoms with Crippen molar-refractivity contribution in [1.82, 2.24) is 4.90 Å². The molecular formula is C25H24ClN3O. The Hall–Kier alpha value is -2.43. The summed E-state index contributed by atoms with van der Waals surface area (Å²) >= 11 is 6.38. The fraction of sp³-hybridized carbons (Fsp3) is 0.360. The van der Waals surface area contributed by atoms with Crippen LogP contribution < -0.4 is 5.32 Å². The van der Waals surface area contributed by atoms with Crippen molar-refractivity contribution in [3.63, 3.8) is 0 Å². The highest BCUT2D eigenvalue weighted by Gasteiger charge is 2.37. The molecule has 4 heterocycles. The van der Waals surface area contributed by atoms with E-state index in [1.165, 1.54) is 31.5 Å². The topological polar surface area (TPSA) is 44.7 Å². The molecule has 2 aromatic carbocycles. The number of carbonyl (C=O) groups is 1. The molecule has 1 N–H and O–H groups in total. The van der Waals surface area contributed by atoms with Crippen LogP contribution in [0, 0.1) is 5.92 Å². The predicted molar refractivity (Wildman–Crippen MR) is 120 cm³/mol. The number of hydrogen-bond donors (Lipinski definition) is 1. The number of anilines is 1. The number of benzene rings is 2. The molecule has 2 bridgehead atoms. The van der Waals surface area contributed by atoms with Crippen molar-refractivity contribution in [1.29, 1.82) is 0 Å². The lowest BCUT2D eigenvalue weighted by Crippen LogP contribution is -2.50. The van der Waals surface area contributed by atoms with E-state index in [0.29, 0.717) is 17.4 Å². The summed E-state index contributed by atoms with van der Waals surface area (Å²) in [6, 6.07) is 14.4. The fourth-order valence-corrected chi connectivity index (χ4v) is 5.66. The third-order valence-electron chi connectivity index (χ3n) is 7.08. The lowest BCUT2D eigenvalue weighted by atomic mass is 9.81. The minimum Gasteiger partial charge on any atom is -0.358 e. The van der Waals surface area contributed by atoms with Crippen LogP contribution in [0.5, 0.6) is 0 Å². The van der Waals surface area contributed by atoms with Crippen molar-refractivity contribution in [2.75, 3.05) is 25.0 Å². The fourth-order valence-electron chi connectivity index (χ4n) is 5.49. The maximum absolute atomic E-state index is 13.4. The summed E-state index contributed by atoms with van der Waals surface area (Å²) in [6.45, 7) is 3.35.